The molecule has 1 heterocycles. The van der Waals surface area contributed by atoms with Gasteiger partial charge in [-0.1, -0.05) is 26.2 Å². The van der Waals surface area contributed by atoms with Crippen LogP contribution < -0.4 is 14.8 Å². The average molecular weight is 393 g/mol. The van der Waals surface area contributed by atoms with Crippen LogP contribution in [0.4, 0.5) is 0 Å². The third-order valence-corrected chi connectivity index (χ3v) is 4.69. The molecular formula is C19H34Cl2N2O2. The SMILES string of the molecule is CCCCC[C@H](c1c(OC)cc(C)cc1OC)N1CCNCC1.Cl.Cl. The predicted molar refractivity (Wildman–Crippen MR) is 110 cm³/mol. The quantitative estimate of drug-likeness (QED) is 0.665. The van der Waals surface area contributed by atoms with Crippen molar-refractivity contribution in [2.45, 2.75) is 45.6 Å². The topological polar surface area (TPSA) is 33.7 Å². The second-order valence-electron chi connectivity index (χ2n) is 6.38. The molecule has 1 N–H and O–H groups in total. The van der Waals surface area contributed by atoms with Crippen LogP contribution >= 0.6 is 24.8 Å². The largest absolute Gasteiger partial charge is 0.496 e. The molecule has 0 radical (unpaired) electrons. The van der Waals surface area contributed by atoms with E-state index in [1.807, 2.05) is 0 Å². The Hall–Kier alpha value is -0.680. The van der Waals surface area contributed by atoms with Gasteiger partial charge in [-0.05, 0) is 31.0 Å². The molecule has 0 unspecified atom stereocenters. The van der Waals surface area contributed by atoms with Crippen LogP contribution in [0.25, 0.3) is 0 Å². The van der Waals surface area contributed by atoms with Crippen molar-refractivity contribution in [1.82, 2.24) is 10.2 Å². The number of unbranched alkanes of at least 4 members (excludes halogenated alkanes) is 2. The maximum Gasteiger partial charge on any atom is 0.127 e. The molecule has 0 amide bonds. The second kappa shape index (κ2) is 12.6. The summed E-state index contributed by atoms with van der Waals surface area (Å²) in [5, 5.41) is 3.45. The van der Waals surface area contributed by atoms with Crippen LogP contribution in [0.1, 0.15) is 49.8 Å². The van der Waals surface area contributed by atoms with Gasteiger partial charge in [0.2, 0.25) is 0 Å². The summed E-state index contributed by atoms with van der Waals surface area (Å²) in [5.74, 6) is 1.92. The third kappa shape index (κ3) is 6.52. The highest BCUT2D eigenvalue weighted by Gasteiger charge is 2.27. The van der Waals surface area contributed by atoms with Crippen molar-refractivity contribution >= 4 is 24.8 Å². The summed E-state index contributed by atoms with van der Waals surface area (Å²) in [5.41, 5.74) is 2.40. The summed E-state index contributed by atoms with van der Waals surface area (Å²) in [6.45, 7) is 8.62. The van der Waals surface area contributed by atoms with E-state index >= 15 is 0 Å². The molecule has 1 saturated heterocycles. The fourth-order valence-corrected chi connectivity index (χ4v) is 3.49. The van der Waals surface area contributed by atoms with Crippen molar-refractivity contribution in [2.24, 2.45) is 0 Å². The number of ether oxygens (including phenoxy) is 2. The Labute approximate surface area is 165 Å². The molecule has 1 aliphatic rings. The molecule has 0 aliphatic carbocycles. The first-order valence-corrected chi connectivity index (χ1v) is 8.88. The third-order valence-electron chi connectivity index (χ3n) is 4.69. The Morgan fingerprint density at radius 3 is 2.08 bits per heavy atom. The van der Waals surface area contributed by atoms with Gasteiger partial charge in [-0.25, -0.2) is 0 Å². The molecule has 146 valence electrons. The minimum Gasteiger partial charge on any atom is -0.496 e. The first-order chi connectivity index (χ1) is 11.2. The lowest BCUT2D eigenvalue weighted by Crippen LogP contribution is -2.45. The van der Waals surface area contributed by atoms with Crippen molar-refractivity contribution in [3.05, 3.63) is 23.3 Å². The zero-order valence-electron chi connectivity index (χ0n) is 16.0. The molecular weight excluding hydrogens is 359 g/mol. The predicted octanol–water partition coefficient (Wildman–Crippen LogP) is 4.38. The highest BCUT2D eigenvalue weighted by molar-refractivity contribution is 5.85. The Bertz CT molecular complexity index is 469. The molecule has 1 atom stereocenters. The van der Waals surface area contributed by atoms with Crippen LogP contribution in [0.5, 0.6) is 11.5 Å². The van der Waals surface area contributed by atoms with Crippen molar-refractivity contribution in [2.75, 3.05) is 40.4 Å². The second-order valence-corrected chi connectivity index (χ2v) is 6.38. The van der Waals surface area contributed by atoms with E-state index in [1.54, 1.807) is 14.2 Å². The number of hydrogen-bond acceptors (Lipinski definition) is 4. The van der Waals surface area contributed by atoms with Crippen molar-refractivity contribution < 1.29 is 9.47 Å². The lowest BCUT2D eigenvalue weighted by molar-refractivity contribution is 0.157. The van der Waals surface area contributed by atoms with E-state index in [1.165, 1.54) is 30.4 Å². The zero-order chi connectivity index (χ0) is 16.7. The van der Waals surface area contributed by atoms with Gasteiger partial charge in [-0.15, -0.1) is 24.8 Å². The summed E-state index contributed by atoms with van der Waals surface area (Å²) < 4.78 is 11.4. The molecule has 4 nitrogen and oxygen atoms in total. The number of methoxy groups -OCH3 is 2. The van der Waals surface area contributed by atoms with Crippen LogP contribution in [0.3, 0.4) is 0 Å². The number of halogens is 2. The van der Waals surface area contributed by atoms with E-state index in [-0.39, 0.29) is 24.8 Å². The molecule has 1 aliphatic heterocycles. The summed E-state index contributed by atoms with van der Waals surface area (Å²) in [6.07, 6.45) is 4.92. The Kier molecular flexibility index (Phi) is 12.3. The molecule has 25 heavy (non-hydrogen) atoms. The summed E-state index contributed by atoms with van der Waals surface area (Å²) in [4.78, 5) is 2.59. The van der Waals surface area contributed by atoms with E-state index < -0.39 is 0 Å². The van der Waals surface area contributed by atoms with Crippen molar-refractivity contribution in [1.29, 1.82) is 0 Å². The molecule has 0 aromatic heterocycles. The number of nitrogens with one attached hydrogen (secondary N) is 1. The highest BCUT2D eigenvalue weighted by atomic mass is 35.5. The molecule has 1 aromatic rings. The minimum absolute atomic E-state index is 0. The number of aryl methyl sites for hydroxylation is 1. The van der Waals surface area contributed by atoms with Gasteiger partial charge >= 0.3 is 0 Å². The first kappa shape index (κ1) is 24.3. The van der Waals surface area contributed by atoms with E-state index in [0.29, 0.717) is 6.04 Å². The minimum atomic E-state index is 0. The maximum absolute atomic E-state index is 5.72. The fourth-order valence-electron chi connectivity index (χ4n) is 3.49. The summed E-state index contributed by atoms with van der Waals surface area (Å²) in [6, 6.07) is 4.63. The number of hydrogen-bond donors (Lipinski definition) is 1. The molecule has 6 heteroatoms. The van der Waals surface area contributed by atoms with Gasteiger partial charge in [0.05, 0.1) is 19.8 Å². The number of piperazine rings is 1. The average Bonchev–Trinajstić information content (AvgIpc) is 2.59. The van der Waals surface area contributed by atoms with Gasteiger partial charge in [-0.3, -0.25) is 4.90 Å². The Balaban J connectivity index is 0.00000288. The fraction of sp³-hybridized carbons (Fsp3) is 0.684. The van der Waals surface area contributed by atoms with Crippen LogP contribution in [0.15, 0.2) is 12.1 Å². The molecule has 2 rings (SSSR count). The summed E-state index contributed by atoms with van der Waals surface area (Å²) in [7, 11) is 3.52. The van der Waals surface area contributed by atoms with E-state index in [9.17, 15) is 0 Å². The number of nitrogens with zero attached hydrogens (tertiary/aromatic N) is 1. The smallest absolute Gasteiger partial charge is 0.127 e. The van der Waals surface area contributed by atoms with Gasteiger partial charge in [0.1, 0.15) is 11.5 Å². The Morgan fingerprint density at radius 1 is 1.04 bits per heavy atom. The van der Waals surface area contributed by atoms with Crippen molar-refractivity contribution in [3.8, 4) is 11.5 Å². The van der Waals surface area contributed by atoms with Crippen LogP contribution in [-0.2, 0) is 0 Å². The van der Waals surface area contributed by atoms with Crippen molar-refractivity contribution in [3.63, 3.8) is 0 Å². The molecule has 1 fully saturated rings. The normalized spacial score (nSPS) is 15.7. The van der Waals surface area contributed by atoms with Gasteiger partial charge in [0, 0.05) is 32.2 Å². The lowest BCUT2D eigenvalue weighted by atomic mass is 9.95. The Morgan fingerprint density at radius 2 is 1.60 bits per heavy atom. The molecule has 0 saturated carbocycles. The van der Waals surface area contributed by atoms with Gasteiger partial charge in [-0.2, -0.15) is 0 Å². The number of rotatable bonds is 8. The molecule has 1 aromatic carbocycles. The van der Waals surface area contributed by atoms with E-state index in [0.717, 1.165) is 44.1 Å². The van der Waals surface area contributed by atoms with Crippen LogP contribution in [0, 0.1) is 6.92 Å². The lowest BCUT2D eigenvalue weighted by Gasteiger charge is -2.36. The van der Waals surface area contributed by atoms with Gasteiger partial charge < -0.3 is 14.8 Å². The monoisotopic (exact) mass is 392 g/mol. The number of benzene rings is 1. The van der Waals surface area contributed by atoms with E-state index in [4.69, 9.17) is 9.47 Å². The standard InChI is InChI=1S/C19H32N2O2.2ClH/c1-5-6-7-8-16(21-11-9-20-10-12-21)19-17(22-3)13-15(2)14-18(19)23-4;;/h13-14,16,20H,5-12H2,1-4H3;2*1H/t16-;;/m1../s1. The van der Waals surface area contributed by atoms with Crippen LogP contribution in [0.2, 0.25) is 0 Å². The maximum atomic E-state index is 5.72. The van der Waals surface area contributed by atoms with E-state index in [2.05, 4.69) is 36.2 Å². The first-order valence-electron chi connectivity index (χ1n) is 8.88. The zero-order valence-corrected chi connectivity index (χ0v) is 17.6. The molecule has 0 bridgehead atoms. The van der Waals surface area contributed by atoms with Gasteiger partial charge in [0.15, 0.2) is 0 Å². The van der Waals surface area contributed by atoms with Crippen LogP contribution in [-0.4, -0.2) is 45.3 Å². The molecule has 0 spiro atoms. The highest BCUT2D eigenvalue weighted by Crippen LogP contribution is 2.40. The summed E-state index contributed by atoms with van der Waals surface area (Å²) >= 11 is 0. The van der Waals surface area contributed by atoms with Gasteiger partial charge in [0.25, 0.3) is 0 Å².